The van der Waals surface area contributed by atoms with Crippen molar-refractivity contribution in [1.29, 1.82) is 0 Å². The molecule has 3 rings (SSSR count). The van der Waals surface area contributed by atoms with Crippen LogP contribution < -0.4 is 16.2 Å². The molecule has 41 heavy (non-hydrogen) atoms. The van der Waals surface area contributed by atoms with Crippen molar-refractivity contribution in [3.63, 3.8) is 0 Å². The summed E-state index contributed by atoms with van der Waals surface area (Å²) >= 11 is 0. The lowest BCUT2D eigenvalue weighted by Gasteiger charge is -2.33. The number of hydrogen-bond acceptors (Lipinski definition) is 6. The molecule has 8 nitrogen and oxygen atoms in total. The van der Waals surface area contributed by atoms with E-state index >= 15 is 0 Å². The third-order valence-electron chi connectivity index (χ3n) is 8.72. The smallest absolute Gasteiger partial charge is 0.185 e. The van der Waals surface area contributed by atoms with Gasteiger partial charge in [0.1, 0.15) is 5.78 Å². The minimum Gasteiger partial charge on any atom is -0.504 e. The van der Waals surface area contributed by atoms with Crippen LogP contribution in [-0.2, 0) is 27.2 Å². The lowest BCUT2D eigenvalue weighted by molar-refractivity contribution is -0.117. The lowest BCUT2D eigenvalue weighted by Crippen LogP contribution is -2.28. The van der Waals surface area contributed by atoms with Gasteiger partial charge in [-0.1, -0.05) is 19.4 Å². The molecule has 5 N–H and O–H groups in total. The number of allylic oxidation sites excluding steroid dienone is 2. The van der Waals surface area contributed by atoms with Gasteiger partial charge in [0.2, 0.25) is 0 Å². The second-order valence-corrected chi connectivity index (χ2v) is 11.8. The molecule has 0 unspecified atom stereocenters. The molecule has 1 aromatic rings. The van der Waals surface area contributed by atoms with Gasteiger partial charge in [-0.2, -0.15) is 0 Å². The number of unbranched alkanes of at least 4 members (excludes halogenated alkanes) is 1. The molecule has 3 atom stereocenters. The van der Waals surface area contributed by atoms with Crippen LogP contribution in [0.4, 0.5) is 0 Å². The van der Waals surface area contributed by atoms with Gasteiger partial charge in [-0.25, -0.2) is 0 Å². The molecule has 0 saturated heterocycles. The van der Waals surface area contributed by atoms with E-state index < -0.39 is 0 Å². The standard InChI is InChI=1S/C33H51N3O5/c1-4-5-6-9-25(38)15-13-24-20-30(41-26-10-7-8-11-26)32(39)31-27(24)17-14-23(18-19-36-33(34)35)29(21-40-3)28(31)16-12-22(2)37/h6,9,20,23,26,28-29,39H,4-5,7-8,10-19,21H2,1-3H3,(H4,34,35,36)/t23-,28-,29-/m1/s1. The normalized spacial score (nSPS) is 21.0. The average Bonchev–Trinajstić information content (AvgIpc) is 3.39. The Labute approximate surface area is 246 Å². The number of benzene rings is 1. The number of nitrogens with two attached hydrogens (primary N) is 2. The summed E-state index contributed by atoms with van der Waals surface area (Å²) in [5.41, 5.74) is 14.2. The fourth-order valence-electron chi connectivity index (χ4n) is 6.64. The van der Waals surface area contributed by atoms with Gasteiger partial charge in [-0.15, -0.1) is 0 Å². The molecule has 2 aliphatic rings. The van der Waals surface area contributed by atoms with Gasteiger partial charge in [-0.3, -0.25) is 9.79 Å². The second kappa shape index (κ2) is 16.5. The Balaban J connectivity index is 2.08. The maximum atomic E-state index is 12.7. The topological polar surface area (TPSA) is 137 Å². The number of ether oxygens (including phenoxy) is 2. The third-order valence-corrected chi connectivity index (χ3v) is 8.72. The molecular formula is C33H51N3O5. The van der Waals surface area contributed by atoms with Gasteiger partial charge in [0.25, 0.3) is 0 Å². The number of aryl methyl sites for hydroxylation is 1. The summed E-state index contributed by atoms with van der Waals surface area (Å²) in [7, 11) is 1.70. The maximum Gasteiger partial charge on any atom is 0.185 e. The molecule has 1 fully saturated rings. The number of guanidine groups is 1. The Hall–Kier alpha value is -2.87. The van der Waals surface area contributed by atoms with E-state index in [1.807, 2.05) is 12.1 Å². The van der Waals surface area contributed by atoms with Gasteiger partial charge in [0.05, 0.1) is 6.10 Å². The van der Waals surface area contributed by atoms with Crippen LogP contribution in [0.5, 0.6) is 11.5 Å². The molecule has 0 spiro atoms. The number of hydrogen-bond donors (Lipinski definition) is 3. The minimum atomic E-state index is -0.105. The highest BCUT2D eigenvalue weighted by Crippen LogP contribution is 2.50. The number of aromatic hydroxyl groups is 1. The van der Waals surface area contributed by atoms with E-state index in [0.29, 0.717) is 44.6 Å². The summed E-state index contributed by atoms with van der Waals surface area (Å²) < 4.78 is 12.2. The number of phenolic OH excluding ortho intramolecular Hbond substituents is 1. The van der Waals surface area contributed by atoms with Crippen LogP contribution in [0.1, 0.15) is 107 Å². The van der Waals surface area contributed by atoms with E-state index in [9.17, 15) is 14.7 Å². The number of phenols is 1. The first-order valence-electron chi connectivity index (χ1n) is 15.5. The SMILES string of the molecule is CCCC=CC(=O)CCc1cc(OC2CCCC2)c(O)c2c1CC[C@H](CCN=C(N)N)[C@@H](COC)[C@H]2CCC(C)=O. The van der Waals surface area contributed by atoms with Gasteiger partial charge < -0.3 is 30.8 Å². The minimum absolute atomic E-state index is 0.0638. The van der Waals surface area contributed by atoms with Crippen LogP contribution in [0.2, 0.25) is 0 Å². The largest absolute Gasteiger partial charge is 0.504 e. The van der Waals surface area contributed by atoms with Crippen LogP contribution in [0.3, 0.4) is 0 Å². The molecule has 2 aliphatic carbocycles. The van der Waals surface area contributed by atoms with Crippen molar-refractivity contribution in [3.8, 4) is 11.5 Å². The van der Waals surface area contributed by atoms with Crippen molar-refractivity contribution >= 4 is 17.5 Å². The zero-order valence-corrected chi connectivity index (χ0v) is 25.3. The third kappa shape index (κ3) is 9.59. The quantitative estimate of drug-likeness (QED) is 0.103. The molecule has 0 bridgehead atoms. The van der Waals surface area contributed by atoms with Gasteiger partial charge in [0, 0.05) is 38.7 Å². The molecule has 228 valence electrons. The number of fused-ring (bicyclic) bond motifs is 1. The summed E-state index contributed by atoms with van der Waals surface area (Å²) in [5, 5.41) is 11.8. The highest BCUT2D eigenvalue weighted by atomic mass is 16.5. The predicted molar refractivity (Wildman–Crippen MR) is 163 cm³/mol. The number of rotatable bonds is 16. The first-order chi connectivity index (χ1) is 19.7. The van der Waals surface area contributed by atoms with E-state index in [1.54, 1.807) is 20.1 Å². The van der Waals surface area contributed by atoms with E-state index in [4.69, 9.17) is 20.9 Å². The monoisotopic (exact) mass is 569 g/mol. The van der Waals surface area contributed by atoms with Crippen LogP contribution in [-0.4, -0.2) is 49.0 Å². The zero-order chi connectivity index (χ0) is 29.8. The number of aliphatic imine (C=N–C) groups is 1. The number of methoxy groups -OCH3 is 1. The van der Waals surface area contributed by atoms with Crippen molar-refractivity contribution in [1.82, 2.24) is 0 Å². The van der Waals surface area contributed by atoms with Crippen LogP contribution in [0.15, 0.2) is 23.2 Å². The predicted octanol–water partition coefficient (Wildman–Crippen LogP) is 5.51. The highest BCUT2D eigenvalue weighted by molar-refractivity contribution is 5.89. The van der Waals surface area contributed by atoms with Crippen molar-refractivity contribution in [3.05, 3.63) is 34.9 Å². The first-order valence-corrected chi connectivity index (χ1v) is 15.5. The molecule has 1 saturated carbocycles. The zero-order valence-electron chi connectivity index (χ0n) is 25.3. The second-order valence-electron chi connectivity index (χ2n) is 11.8. The van der Waals surface area contributed by atoms with Crippen LogP contribution in [0, 0.1) is 11.8 Å². The summed E-state index contributed by atoms with van der Waals surface area (Å²) in [5.74, 6) is 1.17. The van der Waals surface area contributed by atoms with Gasteiger partial charge in [0.15, 0.2) is 23.2 Å². The van der Waals surface area contributed by atoms with E-state index in [2.05, 4.69) is 11.9 Å². The molecule has 0 aliphatic heterocycles. The molecule has 0 amide bonds. The number of carbonyl (C=O) groups excluding carboxylic acids is 2. The Morgan fingerprint density at radius 3 is 2.56 bits per heavy atom. The lowest BCUT2D eigenvalue weighted by atomic mass is 9.74. The Kier molecular flexibility index (Phi) is 13.2. The number of ketones is 2. The van der Waals surface area contributed by atoms with Crippen molar-refractivity contribution < 1.29 is 24.2 Å². The fourth-order valence-corrected chi connectivity index (χ4v) is 6.64. The number of Topliss-reactive ketones (excluding diaryl/α,β-unsaturated/α-hetero) is 1. The van der Waals surface area contributed by atoms with Crippen LogP contribution >= 0.6 is 0 Å². The summed E-state index contributed by atoms with van der Waals surface area (Å²) in [6, 6.07) is 1.97. The summed E-state index contributed by atoms with van der Waals surface area (Å²) in [4.78, 5) is 29.2. The molecule has 0 aromatic heterocycles. The van der Waals surface area contributed by atoms with Gasteiger partial charge in [-0.05, 0) is 112 Å². The van der Waals surface area contributed by atoms with E-state index in [0.717, 1.165) is 74.5 Å². The molecule has 0 radical (unpaired) electrons. The summed E-state index contributed by atoms with van der Waals surface area (Å²) in [6.07, 6.45) is 14.2. The molecular weight excluding hydrogens is 518 g/mol. The Morgan fingerprint density at radius 2 is 1.90 bits per heavy atom. The Bertz CT molecular complexity index is 1070. The van der Waals surface area contributed by atoms with Gasteiger partial charge >= 0.3 is 0 Å². The number of carbonyl (C=O) groups is 2. The number of nitrogens with zero attached hydrogens (tertiary/aromatic N) is 1. The van der Waals surface area contributed by atoms with E-state index in [1.165, 1.54) is 0 Å². The van der Waals surface area contributed by atoms with Crippen molar-refractivity contribution in [2.45, 2.75) is 109 Å². The molecule has 0 heterocycles. The van der Waals surface area contributed by atoms with E-state index in [-0.39, 0.29) is 47.1 Å². The van der Waals surface area contributed by atoms with Crippen molar-refractivity contribution in [2.24, 2.45) is 28.3 Å². The maximum absolute atomic E-state index is 12.7. The molecule has 1 aromatic carbocycles. The first kappa shape index (κ1) is 32.6. The van der Waals surface area contributed by atoms with Crippen LogP contribution in [0.25, 0.3) is 0 Å². The van der Waals surface area contributed by atoms with Crippen molar-refractivity contribution in [2.75, 3.05) is 20.3 Å². The Morgan fingerprint density at radius 1 is 1.15 bits per heavy atom. The fraction of sp³-hybridized carbons (Fsp3) is 0.667. The molecule has 8 heteroatoms. The average molecular weight is 570 g/mol. The summed E-state index contributed by atoms with van der Waals surface area (Å²) in [6.45, 7) is 4.71. The highest BCUT2D eigenvalue weighted by Gasteiger charge is 2.38.